The SMILES string of the molecule is CCCCCCCCCCCCCCCCCC(CC)CCCCCC. The molecule has 0 aromatic rings. The van der Waals surface area contributed by atoms with Gasteiger partial charge in [0.15, 0.2) is 0 Å². The largest absolute Gasteiger partial charge is 0.0654 e. The van der Waals surface area contributed by atoms with E-state index >= 15 is 0 Å². The third kappa shape index (κ3) is 20.3. The highest BCUT2D eigenvalue weighted by Crippen LogP contribution is 2.21. The Labute approximate surface area is 168 Å². The van der Waals surface area contributed by atoms with Crippen molar-refractivity contribution in [3.63, 3.8) is 0 Å². The summed E-state index contributed by atoms with van der Waals surface area (Å²) in [6, 6.07) is 0. The average molecular weight is 367 g/mol. The van der Waals surface area contributed by atoms with Crippen molar-refractivity contribution in [1.29, 1.82) is 0 Å². The molecule has 0 nitrogen and oxygen atoms in total. The standard InChI is InChI=1S/C26H54/c1-4-7-9-11-12-13-14-15-16-17-18-19-20-21-23-25-26(6-3)24-22-10-8-5-2/h26H,4-25H2,1-3H3. The maximum atomic E-state index is 2.40. The van der Waals surface area contributed by atoms with Crippen LogP contribution in [0.4, 0.5) is 0 Å². The summed E-state index contributed by atoms with van der Waals surface area (Å²) in [5.41, 5.74) is 0. The van der Waals surface area contributed by atoms with Crippen LogP contribution >= 0.6 is 0 Å². The van der Waals surface area contributed by atoms with Crippen LogP contribution in [0.2, 0.25) is 0 Å². The van der Waals surface area contributed by atoms with Gasteiger partial charge < -0.3 is 0 Å². The fourth-order valence-electron chi connectivity index (χ4n) is 4.22. The van der Waals surface area contributed by atoms with Crippen molar-refractivity contribution >= 4 is 0 Å². The van der Waals surface area contributed by atoms with Crippen LogP contribution in [0, 0.1) is 5.92 Å². The molecule has 0 aromatic heterocycles. The van der Waals surface area contributed by atoms with E-state index in [4.69, 9.17) is 0 Å². The van der Waals surface area contributed by atoms with Gasteiger partial charge in [-0.15, -0.1) is 0 Å². The Hall–Kier alpha value is 0. The van der Waals surface area contributed by atoms with Crippen LogP contribution in [0.5, 0.6) is 0 Å². The third-order valence-electron chi connectivity index (χ3n) is 6.26. The molecule has 0 spiro atoms. The molecule has 0 saturated carbocycles. The molecular formula is C26H54. The number of hydrogen-bond acceptors (Lipinski definition) is 0. The quantitative estimate of drug-likeness (QED) is 0.167. The summed E-state index contributed by atoms with van der Waals surface area (Å²) in [6.07, 6.45) is 32.3. The van der Waals surface area contributed by atoms with Crippen LogP contribution in [-0.4, -0.2) is 0 Å². The van der Waals surface area contributed by atoms with Gasteiger partial charge in [-0.1, -0.05) is 162 Å². The highest BCUT2D eigenvalue weighted by atomic mass is 14.1. The lowest BCUT2D eigenvalue weighted by atomic mass is 9.92. The van der Waals surface area contributed by atoms with Gasteiger partial charge in [-0.25, -0.2) is 0 Å². The van der Waals surface area contributed by atoms with Gasteiger partial charge in [0.1, 0.15) is 0 Å². The molecule has 0 aliphatic carbocycles. The molecule has 0 rings (SSSR count). The Kier molecular flexibility index (Phi) is 23.0. The van der Waals surface area contributed by atoms with Crippen molar-refractivity contribution < 1.29 is 0 Å². The van der Waals surface area contributed by atoms with Gasteiger partial charge in [-0.05, 0) is 5.92 Å². The molecule has 0 heteroatoms. The van der Waals surface area contributed by atoms with Crippen LogP contribution in [0.15, 0.2) is 0 Å². The molecule has 0 amide bonds. The molecule has 1 unspecified atom stereocenters. The zero-order chi connectivity index (χ0) is 19.1. The average Bonchev–Trinajstić information content (AvgIpc) is 2.66. The van der Waals surface area contributed by atoms with E-state index in [9.17, 15) is 0 Å². The summed E-state index contributed by atoms with van der Waals surface area (Å²) in [4.78, 5) is 0. The van der Waals surface area contributed by atoms with E-state index in [-0.39, 0.29) is 0 Å². The first-order chi connectivity index (χ1) is 12.8. The Balaban J connectivity index is 3.18. The fourth-order valence-corrected chi connectivity index (χ4v) is 4.22. The van der Waals surface area contributed by atoms with Crippen molar-refractivity contribution in [3.05, 3.63) is 0 Å². The summed E-state index contributed by atoms with van der Waals surface area (Å²) in [6.45, 7) is 7.01. The highest BCUT2D eigenvalue weighted by molar-refractivity contribution is 4.59. The van der Waals surface area contributed by atoms with E-state index < -0.39 is 0 Å². The van der Waals surface area contributed by atoms with Gasteiger partial charge in [-0.2, -0.15) is 0 Å². The van der Waals surface area contributed by atoms with Gasteiger partial charge in [0.2, 0.25) is 0 Å². The summed E-state index contributed by atoms with van der Waals surface area (Å²) in [7, 11) is 0. The zero-order valence-corrected chi connectivity index (χ0v) is 19.1. The van der Waals surface area contributed by atoms with Crippen molar-refractivity contribution in [3.8, 4) is 0 Å². The molecule has 158 valence electrons. The van der Waals surface area contributed by atoms with E-state index in [0.29, 0.717) is 0 Å². The van der Waals surface area contributed by atoms with Crippen molar-refractivity contribution in [2.45, 2.75) is 162 Å². The van der Waals surface area contributed by atoms with Crippen LogP contribution in [0.3, 0.4) is 0 Å². The second-order valence-electron chi connectivity index (χ2n) is 8.86. The number of unbranched alkanes of at least 4 members (excludes halogenated alkanes) is 17. The van der Waals surface area contributed by atoms with Crippen molar-refractivity contribution in [1.82, 2.24) is 0 Å². The van der Waals surface area contributed by atoms with Gasteiger partial charge in [-0.3, -0.25) is 0 Å². The maximum absolute atomic E-state index is 2.40. The molecular weight excluding hydrogens is 312 g/mol. The topological polar surface area (TPSA) is 0 Å². The maximum Gasteiger partial charge on any atom is -0.0417 e. The molecule has 0 fully saturated rings. The lowest BCUT2D eigenvalue weighted by molar-refractivity contribution is 0.393. The normalized spacial score (nSPS) is 12.6. The van der Waals surface area contributed by atoms with E-state index in [2.05, 4.69) is 20.8 Å². The van der Waals surface area contributed by atoms with Crippen molar-refractivity contribution in [2.24, 2.45) is 5.92 Å². The van der Waals surface area contributed by atoms with Gasteiger partial charge in [0.25, 0.3) is 0 Å². The summed E-state index contributed by atoms with van der Waals surface area (Å²) in [5, 5.41) is 0. The fraction of sp³-hybridized carbons (Fsp3) is 1.00. The van der Waals surface area contributed by atoms with Gasteiger partial charge in [0.05, 0.1) is 0 Å². The highest BCUT2D eigenvalue weighted by Gasteiger charge is 2.05. The first-order valence-corrected chi connectivity index (χ1v) is 12.8. The molecule has 0 aromatic carbocycles. The second-order valence-corrected chi connectivity index (χ2v) is 8.86. The molecule has 0 saturated heterocycles. The Morgan fingerprint density at radius 2 is 0.615 bits per heavy atom. The molecule has 1 atom stereocenters. The van der Waals surface area contributed by atoms with Crippen LogP contribution in [0.1, 0.15) is 162 Å². The van der Waals surface area contributed by atoms with Crippen LogP contribution in [0.25, 0.3) is 0 Å². The Bertz CT molecular complexity index is 232. The Morgan fingerprint density at radius 3 is 0.923 bits per heavy atom. The van der Waals surface area contributed by atoms with Crippen LogP contribution < -0.4 is 0 Å². The van der Waals surface area contributed by atoms with E-state index in [0.717, 1.165) is 5.92 Å². The molecule has 0 aliphatic heterocycles. The molecule has 0 aliphatic rings. The molecule has 0 bridgehead atoms. The van der Waals surface area contributed by atoms with E-state index in [1.165, 1.54) is 141 Å². The molecule has 26 heavy (non-hydrogen) atoms. The third-order valence-corrected chi connectivity index (χ3v) is 6.26. The molecule has 0 heterocycles. The predicted molar refractivity (Wildman–Crippen MR) is 122 cm³/mol. The monoisotopic (exact) mass is 366 g/mol. The van der Waals surface area contributed by atoms with E-state index in [1.54, 1.807) is 0 Å². The lowest BCUT2D eigenvalue weighted by Crippen LogP contribution is -1.99. The van der Waals surface area contributed by atoms with Gasteiger partial charge >= 0.3 is 0 Å². The summed E-state index contributed by atoms with van der Waals surface area (Å²) in [5.74, 6) is 1.02. The van der Waals surface area contributed by atoms with E-state index in [1.807, 2.05) is 0 Å². The predicted octanol–water partition coefficient (Wildman–Crippen LogP) is 10.2. The number of rotatable bonds is 22. The first kappa shape index (κ1) is 26.0. The number of hydrogen-bond donors (Lipinski definition) is 0. The first-order valence-electron chi connectivity index (χ1n) is 12.8. The lowest BCUT2D eigenvalue weighted by Gasteiger charge is -2.14. The Morgan fingerprint density at radius 1 is 0.346 bits per heavy atom. The van der Waals surface area contributed by atoms with Crippen molar-refractivity contribution in [2.75, 3.05) is 0 Å². The summed E-state index contributed by atoms with van der Waals surface area (Å²) < 4.78 is 0. The van der Waals surface area contributed by atoms with Gasteiger partial charge in [0, 0.05) is 0 Å². The summed E-state index contributed by atoms with van der Waals surface area (Å²) >= 11 is 0. The van der Waals surface area contributed by atoms with Crippen LogP contribution in [-0.2, 0) is 0 Å². The molecule has 0 N–H and O–H groups in total. The second kappa shape index (κ2) is 23.0. The zero-order valence-electron chi connectivity index (χ0n) is 19.1. The minimum absolute atomic E-state index is 1.02. The minimum Gasteiger partial charge on any atom is -0.0654 e. The minimum atomic E-state index is 1.02. The smallest absolute Gasteiger partial charge is 0.0417 e. The molecule has 0 radical (unpaired) electrons.